The number of likely N-dealkylation sites (tertiary alicyclic amines) is 1. The molecule has 4 atom stereocenters. The monoisotopic (exact) mass is 478 g/mol. The fourth-order valence-corrected chi connectivity index (χ4v) is 6.71. The molecule has 2 fully saturated rings. The Balaban J connectivity index is 1.33. The number of nitrogens with one attached hydrogen (secondary N) is 3. The molecule has 6 rings (SSSR count). The molecule has 9 heteroatoms. The van der Waals surface area contributed by atoms with Crippen LogP contribution in [0.25, 0.3) is 0 Å². The first-order valence-corrected chi connectivity index (χ1v) is 12.5. The van der Waals surface area contributed by atoms with Crippen molar-refractivity contribution in [1.82, 2.24) is 30.8 Å². The lowest BCUT2D eigenvalue weighted by atomic mass is 9.65. The first kappa shape index (κ1) is 21.7. The van der Waals surface area contributed by atoms with Crippen molar-refractivity contribution in [2.75, 3.05) is 19.6 Å². The fraction of sp³-hybridized carbons (Fsp3) is 0.480. The van der Waals surface area contributed by atoms with Crippen molar-refractivity contribution in [3.05, 3.63) is 70.3 Å². The highest BCUT2D eigenvalue weighted by atomic mass is 35.5. The van der Waals surface area contributed by atoms with Gasteiger partial charge in [-0.1, -0.05) is 35.5 Å². The molecule has 2 aromatic heterocycles. The van der Waals surface area contributed by atoms with Gasteiger partial charge in [-0.05, 0) is 54.8 Å². The Morgan fingerprint density at radius 2 is 2.09 bits per heavy atom. The normalized spacial score (nSPS) is 28.7. The van der Waals surface area contributed by atoms with Crippen LogP contribution in [0.15, 0.2) is 42.5 Å². The maximum atomic E-state index is 14.3. The Labute approximate surface area is 203 Å². The zero-order valence-electron chi connectivity index (χ0n) is 19.0. The minimum absolute atomic E-state index is 0.135. The van der Waals surface area contributed by atoms with Gasteiger partial charge in [0.15, 0.2) is 11.5 Å². The number of aryl methyl sites for hydroxylation is 1. The van der Waals surface area contributed by atoms with Gasteiger partial charge in [-0.15, -0.1) is 10.2 Å². The number of piperidine rings is 1. The number of nitrogens with zero attached hydrogens (tertiary/aromatic N) is 4. The molecule has 1 aliphatic carbocycles. The van der Waals surface area contributed by atoms with Gasteiger partial charge in [0.05, 0.1) is 12.0 Å². The van der Waals surface area contributed by atoms with Crippen molar-refractivity contribution in [3.8, 4) is 0 Å². The predicted octanol–water partition coefficient (Wildman–Crippen LogP) is 2.61. The first-order chi connectivity index (χ1) is 16.7. The number of carbonyl (C=O) groups excluding carboxylic acids is 1. The van der Waals surface area contributed by atoms with Crippen LogP contribution < -0.4 is 10.3 Å². The lowest BCUT2D eigenvalue weighted by Crippen LogP contribution is -2.51. The number of carbonyl (C=O) groups is 1. The van der Waals surface area contributed by atoms with E-state index >= 15 is 0 Å². The van der Waals surface area contributed by atoms with E-state index in [1.165, 1.54) is 11.1 Å². The van der Waals surface area contributed by atoms with E-state index in [9.17, 15) is 4.79 Å². The zero-order valence-corrected chi connectivity index (χ0v) is 19.8. The van der Waals surface area contributed by atoms with Crippen molar-refractivity contribution >= 4 is 17.5 Å². The number of rotatable bonds is 3. The molecule has 1 spiro atoms. The first-order valence-electron chi connectivity index (χ1n) is 12.2. The number of H-pyrrole nitrogens is 2. The topological polar surface area (TPSA) is 101 Å². The maximum absolute atomic E-state index is 14.3. The third kappa shape index (κ3) is 3.60. The van der Waals surface area contributed by atoms with Gasteiger partial charge in [0.25, 0.3) is 5.15 Å². The van der Waals surface area contributed by atoms with Crippen LogP contribution in [0.5, 0.6) is 0 Å². The smallest absolute Gasteiger partial charge is 0.273 e. The summed E-state index contributed by atoms with van der Waals surface area (Å²) in [6, 6.07) is 14.4. The quantitative estimate of drug-likeness (QED) is 0.563. The Hall–Kier alpha value is -2.84. The zero-order chi connectivity index (χ0) is 23.1. The van der Waals surface area contributed by atoms with Gasteiger partial charge in [0, 0.05) is 43.1 Å². The molecule has 2 saturated heterocycles. The van der Waals surface area contributed by atoms with Gasteiger partial charge < -0.3 is 10.2 Å². The number of benzene rings is 1. The highest BCUT2D eigenvalue weighted by Crippen LogP contribution is 2.47. The molecule has 1 aromatic carbocycles. The predicted molar refractivity (Wildman–Crippen MR) is 126 cm³/mol. The van der Waals surface area contributed by atoms with Gasteiger partial charge in [0.2, 0.25) is 5.91 Å². The summed E-state index contributed by atoms with van der Waals surface area (Å²) < 4.78 is 0. The molecule has 1 unspecified atom stereocenters. The molecule has 1 amide bonds. The minimum atomic E-state index is -0.218. The molecule has 2 aliphatic heterocycles. The second kappa shape index (κ2) is 8.74. The number of hydrogen-bond acceptors (Lipinski definition) is 5. The van der Waals surface area contributed by atoms with Crippen LogP contribution in [0.2, 0.25) is 5.15 Å². The second-order valence-corrected chi connectivity index (χ2v) is 10.2. The van der Waals surface area contributed by atoms with Crippen molar-refractivity contribution in [3.63, 3.8) is 0 Å². The number of aromatic amines is 2. The number of amides is 1. The number of hydrogen-bond donors (Lipinski definition) is 2. The highest BCUT2D eigenvalue weighted by molar-refractivity contribution is 6.28. The summed E-state index contributed by atoms with van der Waals surface area (Å²) in [5, 5.41) is 19.2. The lowest BCUT2D eigenvalue weighted by Gasteiger charge is -2.43. The summed E-state index contributed by atoms with van der Waals surface area (Å²) in [6.07, 6.45) is 4.72. The van der Waals surface area contributed by atoms with E-state index in [0.717, 1.165) is 44.3 Å². The summed E-state index contributed by atoms with van der Waals surface area (Å²) in [4.78, 5) is 19.6. The molecule has 3 aromatic rings. The molecule has 0 saturated carbocycles. The van der Waals surface area contributed by atoms with Crippen LogP contribution in [-0.4, -0.2) is 51.1 Å². The number of tetrazole rings is 1. The molecule has 4 heterocycles. The molecular formula is C25H29ClN7O+. The molecule has 0 radical (unpaired) electrons. The van der Waals surface area contributed by atoms with Crippen molar-refractivity contribution in [2.24, 2.45) is 5.92 Å². The van der Waals surface area contributed by atoms with E-state index in [0.29, 0.717) is 30.0 Å². The van der Waals surface area contributed by atoms with Crippen molar-refractivity contribution in [1.29, 1.82) is 0 Å². The third-order valence-electron chi connectivity index (χ3n) is 8.15. The largest absolute Gasteiger partial charge is 0.332 e. The summed E-state index contributed by atoms with van der Waals surface area (Å²) in [7, 11) is 0. The summed E-state index contributed by atoms with van der Waals surface area (Å²) in [5.74, 6) is 1.01. The third-order valence-corrected chi connectivity index (χ3v) is 8.37. The van der Waals surface area contributed by atoms with Crippen LogP contribution in [-0.2, 0) is 16.6 Å². The summed E-state index contributed by atoms with van der Waals surface area (Å²) >= 11 is 6.26. The van der Waals surface area contributed by atoms with Gasteiger partial charge in [-0.2, -0.15) is 10.2 Å². The number of fused-ring (bicyclic) bond motifs is 2. The molecule has 3 N–H and O–H groups in total. The van der Waals surface area contributed by atoms with E-state index in [1.54, 1.807) is 0 Å². The molecular weight excluding hydrogens is 450 g/mol. The average Bonchev–Trinajstić information content (AvgIpc) is 3.55. The Morgan fingerprint density at radius 1 is 1.21 bits per heavy atom. The Morgan fingerprint density at radius 3 is 2.91 bits per heavy atom. The van der Waals surface area contributed by atoms with E-state index in [1.807, 2.05) is 17.0 Å². The van der Waals surface area contributed by atoms with Gasteiger partial charge in [0.1, 0.15) is 0 Å². The lowest BCUT2D eigenvalue weighted by molar-refractivity contribution is -0.390. The van der Waals surface area contributed by atoms with E-state index in [-0.39, 0.29) is 23.3 Å². The Kier molecular flexibility index (Phi) is 5.57. The molecule has 8 nitrogen and oxygen atoms in total. The Bertz CT molecular complexity index is 1170. The molecule has 0 bridgehead atoms. The molecule has 3 aliphatic rings. The van der Waals surface area contributed by atoms with Crippen molar-refractivity contribution in [2.45, 2.75) is 49.5 Å². The van der Waals surface area contributed by atoms with Gasteiger partial charge in [-0.25, -0.2) is 0 Å². The van der Waals surface area contributed by atoms with E-state index in [4.69, 9.17) is 11.6 Å². The van der Waals surface area contributed by atoms with Crippen LogP contribution in [0.3, 0.4) is 0 Å². The van der Waals surface area contributed by atoms with E-state index < -0.39 is 0 Å². The minimum Gasteiger partial charge on any atom is -0.332 e. The maximum Gasteiger partial charge on any atom is 0.273 e. The number of aromatic nitrogens is 5. The van der Waals surface area contributed by atoms with E-state index in [2.05, 4.69) is 61.3 Å². The summed E-state index contributed by atoms with van der Waals surface area (Å²) in [5.41, 5.74) is 3.49. The highest BCUT2D eigenvalue weighted by Gasteiger charge is 2.53. The number of halogens is 1. The summed E-state index contributed by atoms with van der Waals surface area (Å²) in [6.45, 7) is 2.17. The van der Waals surface area contributed by atoms with Crippen LogP contribution >= 0.6 is 11.6 Å². The molecule has 176 valence electrons. The second-order valence-electron chi connectivity index (χ2n) is 9.84. The van der Waals surface area contributed by atoms with Gasteiger partial charge >= 0.3 is 0 Å². The van der Waals surface area contributed by atoms with Crippen LogP contribution in [0.4, 0.5) is 0 Å². The molecule has 34 heavy (non-hydrogen) atoms. The SMILES string of the molecule is O=C([C@@H]1CNC[C@]12CCCc1[nH+]c(Cl)ccc12)N1CC[C@@H](c2ccccc2)CC1c1nn[nH]n1. The van der Waals surface area contributed by atoms with Crippen LogP contribution in [0.1, 0.15) is 60.3 Å². The fourth-order valence-electron chi connectivity index (χ4n) is 6.53. The average molecular weight is 479 g/mol. The van der Waals surface area contributed by atoms with Gasteiger partial charge in [-0.3, -0.25) is 4.79 Å². The standard InChI is InChI=1S/C25H28ClN7O/c26-22-9-8-18-20(28-22)7-4-11-25(18)15-27-14-19(25)24(34)33-12-10-17(16-5-2-1-3-6-16)13-21(33)23-29-31-32-30-23/h1-3,5-6,8-9,17,19,21,27H,4,7,10-15H2,(H,29,30,31,32)/p+1/t17-,19+,21?,25+/m1/s1. The van der Waals surface area contributed by atoms with Crippen LogP contribution in [0, 0.1) is 5.92 Å². The van der Waals surface area contributed by atoms with Crippen molar-refractivity contribution < 1.29 is 9.78 Å². The number of pyridine rings is 1.